The Hall–Kier alpha value is -10.6. The van der Waals surface area contributed by atoms with Crippen LogP contribution in [0.1, 0.15) is 5.56 Å². The average Bonchev–Trinajstić information content (AvgIpc) is 4.33. The normalized spacial score (nSPS) is 11.2. The van der Waals surface area contributed by atoms with Crippen LogP contribution in [-0.4, -0.2) is 102 Å². The Bertz CT molecular complexity index is 3360. The molecule has 73 heavy (non-hydrogen) atoms. The number of hydrogen-bond acceptors (Lipinski definition) is 17. The van der Waals surface area contributed by atoms with Crippen LogP contribution >= 0.6 is 0 Å². The lowest BCUT2D eigenvalue weighted by Crippen LogP contribution is -2.24. The molecule has 0 atom stereocenters. The van der Waals surface area contributed by atoms with Crippen LogP contribution in [0.5, 0.6) is 0 Å². The summed E-state index contributed by atoms with van der Waals surface area (Å²) in [6, 6.07) is 29.8. The van der Waals surface area contributed by atoms with Crippen LogP contribution in [0.3, 0.4) is 0 Å². The Balaban J connectivity index is 0.000000103. The number of H-pyrrole nitrogens is 3. The van der Waals surface area contributed by atoms with E-state index < -0.39 is 0 Å². The van der Waals surface area contributed by atoms with Crippen LogP contribution in [0.4, 0.5) is 5.82 Å². The van der Waals surface area contributed by atoms with Gasteiger partial charge in [0.25, 0.3) is 0 Å². The number of imidazole rings is 2. The fourth-order valence-corrected chi connectivity index (χ4v) is 6.82. The molecule has 0 saturated heterocycles. The summed E-state index contributed by atoms with van der Waals surface area (Å²) < 4.78 is 6.94. The number of benzene rings is 2. The van der Waals surface area contributed by atoms with Gasteiger partial charge in [-0.25, -0.2) is 59.8 Å². The van der Waals surface area contributed by atoms with E-state index in [-0.39, 0.29) is 0 Å². The molecular formula is C52H44N20O. The van der Waals surface area contributed by atoms with Gasteiger partial charge >= 0.3 is 0 Å². The number of aromatic nitrogens is 18. The first-order valence-corrected chi connectivity index (χ1v) is 22.6. The molecule has 0 radical (unpaired) electrons. The van der Waals surface area contributed by atoms with E-state index in [1.807, 2.05) is 127 Å². The highest BCUT2D eigenvalue weighted by atomic mass is 16.3. The second-order valence-electron chi connectivity index (χ2n) is 15.1. The topological polar surface area (TPSA) is 270 Å². The van der Waals surface area contributed by atoms with E-state index in [1.54, 1.807) is 49.9 Å². The van der Waals surface area contributed by atoms with Gasteiger partial charge in [0, 0.05) is 77.7 Å². The van der Waals surface area contributed by atoms with Crippen molar-refractivity contribution in [1.29, 1.82) is 0 Å². The van der Waals surface area contributed by atoms with E-state index in [0.717, 1.165) is 80.0 Å². The van der Waals surface area contributed by atoms with Crippen molar-refractivity contribution in [2.45, 2.75) is 6.42 Å². The van der Waals surface area contributed by atoms with Crippen molar-refractivity contribution in [3.05, 3.63) is 220 Å². The third-order valence-corrected chi connectivity index (χ3v) is 10.4. The molecule has 0 amide bonds. The van der Waals surface area contributed by atoms with Crippen molar-refractivity contribution in [2.75, 3.05) is 18.4 Å². The van der Waals surface area contributed by atoms with Gasteiger partial charge in [-0.2, -0.15) is 5.10 Å². The van der Waals surface area contributed by atoms with E-state index in [9.17, 15) is 0 Å². The van der Waals surface area contributed by atoms with Gasteiger partial charge in [-0.05, 0) is 48.9 Å². The summed E-state index contributed by atoms with van der Waals surface area (Å²) in [5.74, 6) is 1.00. The number of para-hydroxylation sites is 2. The Morgan fingerprint density at radius 2 is 1.33 bits per heavy atom. The van der Waals surface area contributed by atoms with E-state index in [2.05, 4.69) is 107 Å². The third kappa shape index (κ3) is 13.6. The molecule has 2 aliphatic heterocycles. The minimum Gasteiger partial charge on any atom is -0.446 e. The first kappa shape index (κ1) is 47.5. The van der Waals surface area contributed by atoms with Crippen LogP contribution in [0.25, 0.3) is 66.8 Å². The van der Waals surface area contributed by atoms with Crippen LogP contribution in [-0.2, 0) is 6.42 Å². The maximum Gasteiger partial charge on any atom is 0.228 e. The van der Waals surface area contributed by atoms with E-state index in [4.69, 9.17) is 4.42 Å². The Morgan fingerprint density at radius 1 is 0.534 bits per heavy atom. The van der Waals surface area contributed by atoms with Gasteiger partial charge in [0.15, 0.2) is 11.1 Å². The Morgan fingerprint density at radius 3 is 2.19 bits per heavy atom. The number of aromatic amines is 3. The predicted molar refractivity (Wildman–Crippen MR) is 277 cm³/mol. The maximum absolute atomic E-state index is 4.97. The molecule has 21 nitrogen and oxygen atoms in total. The lowest BCUT2D eigenvalue weighted by atomic mass is 10.2. The summed E-state index contributed by atoms with van der Waals surface area (Å²) in [5, 5.41) is 14.3. The van der Waals surface area contributed by atoms with Gasteiger partial charge < -0.3 is 24.1 Å². The van der Waals surface area contributed by atoms with Crippen LogP contribution in [0.2, 0.25) is 0 Å². The van der Waals surface area contributed by atoms with Crippen molar-refractivity contribution < 1.29 is 4.42 Å². The number of furan rings is 1. The first-order chi connectivity index (χ1) is 36.2. The minimum absolute atomic E-state index is 0.644. The first-order valence-electron chi connectivity index (χ1n) is 22.6. The highest BCUT2D eigenvalue weighted by molar-refractivity contribution is 5.78. The SMILES string of the molecule is C1=c2cncnc2=NC1.c1ccc2[nH]ncc2c1.c1ccc2ncccc2c1.c1ccn2ccnc2c1.c1ncc2[nH]ccc2n1.c1ncc2[nH]cnc2n1.c1ncc2c(n1)NCC2.c1ncc2ccoc2n1. The molecule has 0 bridgehead atoms. The van der Waals surface area contributed by atoms with Gasteiger partial charge in [0.1, 0.15) is 48.6 Å². The van der Waals surface area contributed by atoms with Gasteiger partial charge in [0.2, 0.25) is 5.71 Å². The van der Waals surface area contributed by atoms with Crippen molar-refractivity contribution in [3.63, 3.8) is 0 Å². The number of hydrogen-bond donors (Lipinski definition) is 4. The van der Waals surface area contributed by atoms with E-state index >= 15 is 0 Å². The van der Waals surface area contributed by atoms with Crippen LogP contribution in [0.15, 0.2) is 213 Å². The molecular weight excluding hydrogens is 921 g/mol. The summed E-state index contributed by atoms with van der Waals surface area (Å²) in [4.78, 5) is 61.1. The molecule has 12 aromatic heterocycles. The molecule has 14 heterocycles. The Labute approximate surface area is 414 Å². The molecule has 2 aromatic carbocycles. The molecule has 16 rings (SSSR count). The van der Waals surface area contributed by atoms with E-state index in [0.29, 0.717) is 11.4 Å². The quantitative estimate of drug-likeness (QED) is 0.119. The lowest BCUT2D eigenvalue weighted by molar-refractivity contribution is 0.602. The summed E-state index contributed by atoms with van der Waals surface area (Å²) in [6.45, 7) is 1.77. The largest absolute Gasteiger partial charge is 0.446 e. The number of nitrogens with one attached hydrogen (secondary N) is 4. The second-order valence-corrected chi connectivity index (χ2v) is 15.1. The molecule has 358 valence electrons. The van der Waals surface area contributed by atoms with Gasteiger partial charge in [0.05, 0.1) is 65.2 Å². The van der Waals surface area contributed by atoms with Gasteiger partial charge in [-0.1, -0.05) is 54.6 Å². The summed E-state index contributed by atoms with van der Waals surface area (Å²) in [6.07, 6.45) is 33.8. The number of pyridine rings is 2. The molecule has 0 saturated carbocycles. The van der Waals surface area contributed by atoms with Crippen LogP contribution in [0, 0.1) is 0 Å². The molecule has 4 N–H and O–H groups in total. The fourth-order valence-electron chi connectivity index (χ4n) is 6.82. The van der Waals surface area contributed by atoms with Crippen molar-refractivity contribution in [1.82, 2.24) is 89.4 Å². The molecule has 0 spiro atoms. The third-order valence-electron chi connectivity index (χ3n) is 10.4. The molecule has 0 fully saturated rings. The predicted octanol–water partition coefficient (Wildman–Crippen LogP) is 7.00. The average molecular weight is 965 g/mol. The number of anilines is 1. The number of rotatable bonds is 0. The fraction of sp³-hybridized carbons (Fsp3) is 0.0577. The summed E-state index contributed by atoms with van der Waals surface area (Å²) in [7, 11) is 0. The van der Waals surface area contributed by atoms with Gasteiger partial charge in [-0.3, -0.25) is 15.1 Å². The molecule has 21 heteroatoms. The molecule has 14 aromatic rings. The smallest absolute Gasteiger partial charge is 0.228 e. The minimum atomic E-state index is 0.644. The van der Waals surface area contributed by atoms with Crippen molar-refractivity contribution >= 4 is 72.6 Å². The lowest BCUT2D eigenvalue weighted by Gasteiger charge is -1.92. The molecule has 2 aliphatic rings. The zero-order valence-corrected chi connectivity index (χ0v) is 38.8. The number of fused-ring (bicyclic) bond motifs is 8. The zero-order valence-electron chi connectivity index (χ0n) is 38.8. The standard InChI is InChI=1S/C9H7N.2C7H6N2.C6H5N3.C6H7N3.C6H5N3.C6H4N2O.C5H4N4/c1-2-6-9-8(4-1)5-3-7-10-9;1-2-5-9-6-4-8-7(9)3-1;1-2-4-7-6(3-1)5-8-9-7;1-2-8-6-3-7-4-9-5(1)6;2*1-2-8-6-5(1)3-7-4-9-6;1-2-9-6-5(1)3-7-4-8-6;1-4-5(8-2-6-1)9-3-7-4/h1-7H;1-6H;1-5H,(H,8,9);1-4,8H;3-4H,1-2H2,(H,7,8,9);1,3-4H,2H2;1-4H;1-3H,(H,6,7,8,9). The zero-order chi connectivity index (χ0) is 49.5. The highest BCUT2D eigenvalue weighted by Crippen LogP contribution is 2.16. The second kappa shape index (κ2) is 25.2. The van der Waals surface area contributed by atoms with Crippen LogP contribution < -0.4 is 16.0 Å². The monoisotopic (exact) mass is 964 g/mol. The van der Waals surface area contributed by atoms with Crippen molar-refractivity contribution in [3.8, 4) is 0 Å². The Kier molecular flexibility index (Phi) is 16.4. The maximum atomic E-state index is 4.97. The van der Waals surface area contributed by atoms with Crippen molar-refractivity contribution in [2.24, 2.45) is 4.99 Å². The number of nitrogens with zero attached hydrogens (tertiary/aromatic N) is 16. The molecule has 0 unspecified atom stereocenters. The van der Waals surface area contributed by atoms with Gasteiger partial charge in [-0.15, -0.1) is 0 Å². The summed E-state index contributed by atoms with van der Waals surface area (Å²) in [5.41, 5.74) is 9.39. The summed E-state index contributed by atoms with van der Waals surface area (Å²) >= 11 is 0. The molecule has 0 aliphatic carbocycles. The van der Waals surface area contributed by atoms with E-state index in [1.165, 1.54) is 36.3 Å². The highest BCUT2D eigenvalue weighted by Gasteiger charge is 2.08.